The van der Waals surface area contributed by atoms with Gasteiger partial charge in [0, 0.05) is 11.0 Å². The molecule has 1 heterocycles. The average Bonchev–Trinajstić information content (AvgIpc) is 3.09. The Balaban J connectivity index is 2.20. The van der Waals surface area contributed by atoms with Crippen LogP contribution in [0.3, 0.4) is 0 Å². The first-order valence-corrected chi connectivity index (χ1v) is 7.75. The van der Waals surface area contributed by atoms with Gasteiger partial charge in [-0.25, -0.2) is 4.39 Å². The van der Waals surface area contributed by atoms with Crippen LogP contribution < -0.4 is 5.73 Å². The Morgan fingerprint density at radius 2 is 2.10 bits per heavy atom. The number of halogens is 2. The molecule has 3 nitrogen and oxygen atoms in total. The van der Waals surface area contributed by atoms with E-state index in [2.05, 4.69) is 17.1 Å². The number of hydrogen-bond donors (Lipinski definition) is 2. The molecule has 1 aromatic carbocycles. The molecule has 0 saturated heterocycles. The number of benzene rings is 1. The van der Waals surface area contributed by atoms with Gasteiger partial charge in [0.25, 0.3) is 0 Å². The lowest BCUT2D eigenvalue weighted by Gasteiger charge is -2.27. The Kier molecular flexibility index (Phi) is 3.66. The first-order chi connectivity index (χ1) is 10.1. The maximum Gasteiger partial charge on any atom is 0.153 e. The van der Waals surface area contributed by atoms with E-state index in [1.807, 2.05) is 0 Å². The fourth-order valence-corrected chi connectivity index (χ4v) is 3.72. The van der Waals surface area contributed by atoms with Crippen LogP contribution in [0, 0.1) is 5.82 Å². The van der Waals surface area contributed by atoms with Crippen LogP contribution in [0.15, 0.2) is 18.2 Å². The molecule has 1 aliphatic carbocycles. The largest absolute Gasteiger partial charge is 0.382 e. The zero-order valence-electron chi connectivity index (χ0n) is 12.0. The molecule has 0 aliphatic heterocycles. The number of anilines is 1. The van der Waals surface area contributed by atoms with E-state index >= 15 is 0 Å². The molecule has 0 unspecified atom stereocenters. The van der Waals surface area contributed by atoms with Crippen molar-refractivity contribution in [1.29, 1.82) is 0 Å². The molecule has 2 aromatic rings. The molecule has 21 heavy (non-hydrogen) atoms. The summed E-state index contributed by atoms with van der Waals surface area (Å²) in [6, 6.07) is 5.00. The number of hydrogen-bond acceptors (Lipinski definition) is 2. The SMILES string of the molecule is CCC1(c2[nH]nc(N)c2-c2cccc(Cl)c2F)CCCC1. The molecule has 112 valence electrons. The highest BCUT2D eigenvalue weighted by Gasteiger charge is 2.38. The summed E-state index contributed by atoms with van der Waals surface area (Å²) in [6.07, 6.45) is 5.53. The highest BCUT2D eigenvalue weighted by molar-refractivity contribution is 6.31. The topological polar surface area (TPSA) is 54.7 Å². The highest BCUT2D eigenvalue weighted by atomic mass is 35.5. The fourth-order valence-electron chi connectivity index (χ4n) is 3.54. The predicted molar refractivity (Wildman–Crippen MR) is 83.8 cm³/mol. The van der Waals surface area contributed by atoms with Crippen molar-refractivity contribution < 1.29 is 4.39 Å². The van der Waals surface area contributed by atoms with Crippen molar-refractivity contribution in [3.05, 3.63) is 34.7 Å². The molecule has 3 rings (SSSR count). The number of nitrogens with zero attached hydrogens (tertiary/aromatic N) is 1. The molecular formula is C16H19ClFN3. The van der Waals surface area contributed by atoms with E-state index in [9.17, 15) is 4.39 Å². The number of H-pyrrole nitrogens is 1. The molecule has 0 amide bonds. The van der Waals surface area contributed by atoms with Gasteiger partial charge in [0.2, 0.25) is 0 Å². The van der Waals surface area contributed by atoms with Gasteiger partial charge in [-0.2, -0.15) is 5.10 Å². The van der Waals surface area contributed by atoms with Crippen molar-refractivity contribution in [2.24, 2.45) is 0 Å². The zero-order valence-corrected chi connectivity index (χ0v) is 12.8. The molecule has 5 heteroatoms. The monoisotopic (exact) mass is 307 g/mol. The lowest BCUT2D eigenvalue weighted by molar-refractivity contribution is 0.412. The van der Waals surface area contributed by atoms with Gasteiger partial charge in [0.15, 0.2) is 5.82 Å². The number of aromatic nitrogens is 2. The minimum atomic E-state index is -0.433. The van der Waals surface area contributed by atoms with Crippen molar-refractivity contribution >= 4 is 17.4 Å². The van der Waals surface area contributed by atoms with Gasteiger partial charge in [-0.3, -0.25) is 5.10 Å². The van der Waals surface area contributed by atoms with E-state index in [1.54, 1.807) is 18.2 Å². The first-order valence-electron chi connectivity index (χ1n) is 7.38. The van der Waals surface area contributed by atoms with Gasteiger partial charge < -0.3 is 5.73 Å². The molecule has 0 atom stereocenters. The van der Waals surface area contributed by atoms with Gasteiger partial charge in [0.1, 0.15) is 5.82 Å². The summed E-state index contributed by atoms with van der Waals surface area (Å²) in [5.41, 5.74) is 8.12. The molecular weight excluding hydrogens is 289 g/mol. The zero-order chi connectivity index (χ0) is 15.0. The van der Waals surface area contributed by atoms with E-state index in [-0.39, 0.29) is 10.4 Å². The number of nitrogens with one attached hydrogen (secondary N) is 1. The van der Waals surface area contributed by atoms with Gasteiger partial charge in [-0.1, -0.05) is 43.5 Å². The second-order valence-electron chi connectivity index (χ2n) is 5.80. The Labute approximate surface area is 128 Å². The van der Waals surface area contributed by atoms with E-state index < -0.39 is 5.82 Å². The summed E-state index contributed by atoms with van der Waals surface area (Å²) in [7, 11) is 0. The van der Waals surface area contributed by atoms with Gasteiger partial charge in [-0.15, -0.1) is 0 Å². The average molecular weight is 308 g/mol. The van der Waals surface area contributed by atoms with Crippen LogP contribution in [0.5, 0.6) is 0 Å². The maximum absolute atomic E-state index is 14.4. The van der Waals surface area contributed by atoms with E-state index in [4.69, 9.17) is 17.3 Å². The standard InChI is InChI=1S/C16H19ClFN3/c1-2-16(8-3-4-9-16)14-12(15(19)21-20-14)10-6-5-7-11(17)13(10)18/h5-7H,2-4,8-9H2,1H3,(H3,19,20,21). The summed E-state index contributed by atoms with van der Waals surface area (Å²) in [5, 5.41) is 7.32. The molecule has 3 N–H and O–H groups in total. The van der Waals surface area contributed by atoms with E-state index in [0.29, 0.717) is 16.9 Å². The summed E-state index contributed by atoms with van der Waals surface area (Å²) < 4.78 is 14.4. The van der Waals surface area contributed by atoms with Crippen LogP contribution in [0.4, 0.5) is 10.2 Å². The van der Waals surface area contributed by atoms with Crippen molar-refractivity contribution in [3.63, 3.8) is 0 Å². The molecule has 1 saturated carbocycles. The lowest BCUT2D eigenvalue weighted by Crippen LogP contribution is -2.22. The number of rotatable bonds is 3. The van der Waals surface area contributed by atoms with Crippen LogP contribution >= 0.6 is 11.6 Å². The Bertz CT molecular complexity index is 660. The fraction of sp³-hybridized carbons (Fsp3) is 0.438. The number of nitrogen functional groups attached to an aromatic ring is 1. The summed E-state index contributed by atoms with van der Waals surface area (Å²) >= 11 is 5.92. The van der Waals surface area contributed by atoms with Crippen molar-refractivity contribution in [1.82, 2.24) is 10.2 Å². The Hall–Kier alpha value is -1.55. The Morgan fingerprint density at radius 3 is 2.76 bits per heavy atom. The van der Waals surface area contributed by atoms with Crippen LogP contribution in [0.25, 0.3) is 11.1 Å². The van der Waals surface area contributed by atoms with Crippen molar-refractivity contribution in [2.75, 3.05) is 5.73 Å². The van der Waals surface area contributed by atoms with Crippen LogP contribution in [-0.2, 0) is 5.41 Å². The maximum atomic E-state index is 14.4. The van der Waals surface area contributed by atoms with Crippen LogP contribution in [0.2, 0.25) is 5.02 Å². The van der Waals surface area contributed by atoms with E-state index in [0.717, 1.165) is 25.0 Å². The smallest absolute Gasteiger partial charge is 0.153 e. The van der Waals surface area contributed by atoms with Gasteiger partial charge >= 0.3 is 0 Å². The lowest BCUT2D eigenvalue weighted by atomic mass is 9.77. The third-order valence-corrected chi connectivity index (χ3v) is 5.07. The van der Waals surface area contributed by atoms with Crippen molar-refractivity contribution in [3.8, 4) is 11.1 Å². The summed E-state index contributed by atoms with van der Waals surface area (Å²) in [4.78, 5) is 0. The third-order valence-electron chi connectivity index (χ3n) is 4.78. The van der Waals surface area contributed by atoms with Crippen LogP contribution in [-0.4, -0.2) is 10.2 Å². The molecule has 1 fully saturated rings. The number of nitrogens with two attached hydrogens (primary N) is 1. The molecule has 0 spiro atoms. The summed E-state index contributed by atoms with van der Waals surface area (Å²) in [5.74, 6) is -0.0938. The predicted octanol–water partition coefficient (Wildman–Crippen LogP) is 4.67. The summed E-state index contributed by atoms with van der Waals surface area (Å²) in [6.45, 7) is 2.17. The number of aromatic amines is 1. The third kappa shape index (κ3) is 2.22. The highest BCUT2D eigenvalue weighted by Crippen LogP contribution is 2.48. The van der Waals surface area contributed by atoms with Crippen LogP contribution in [0.1, 0.15) is 44.7 Å². The van der Waals surface area contributed by atoms with Gasteiger partial charge in [0.05, 0.1) is 16.3 Å². The van der Waals surface area contributed by atoms with Crippen molar-refractivity contribution in [2.45, 2.75) is 44.4 Å². The Morgan fingerprint density at radius 1 is 1.38 bits per heavy atom. The van der Waals surface area contributed by atoms with E-state index in [1.165, 1.54) is 12.8 Å². The molecule has 0 radical (unpaired) electrons. The minimum Gasteiger partial charge on any atom is -0.382 e. The second kappa shape index (κ2) is 5.34. The minimum absolute atomic E-state index is 0.0225. The van der Waals surface area contributed by atoms with Gasteiger partial charge in [-0.05, 0) is 25.3 Å². The molecule has 1 aliphatic rings. The molecule has 0 bridgehead atoms. The quantitative estimate of drug-likeness (QED) is 0.865. The normalized spacial score (nSPS) is 17.3. The first kappa shape index (κ1) is 14.4. The molecule has 1 aromatic heterocycles. The second-order valence-corrected chi connectivity index (χ2v) is 6.21.